The van der Waals surface area contributed by atoms with Crippen molar-refractivity contribution in [2.24, 2.45) is 0 Å². The van der Waals surface area contributed by atoms with Gasteiger partial charge in [-0.1, -0.05) is 24.0 Å². The number of nitrogens with one attached hydrogen (secondary N) is 2. The summed E-state index contributed by atoms with van der Waals surface area (Å²) in [7, 11) is 1.99. The lowest BCUT2D eigenvalue weighted by molar-refractivity contribution is -0.138. The molecule has 47 heavy (non-hydrogen) atoms. The fourth-order valence-corrected chi connectivity index (χ4v) is 5.11. The summed E-state index contributed by atoms with van der Waals surface area (Å²) >= 11 is 0. The topological polar surface area (TPSA) is 111 Å². The number of benzene rings is 2. The first-order chi connectivity index (χ1) is 22.5. The normalized spacial score (nSPS) is 14.0. The molecule has 246 valence electrons. The average Bonchev–Trinajstić information content (AvgIpc) is 3.39. The summed E-state index contributed by atoms with van der Waals surface area (Å²) in [6.07, 6.45) is 1.02. The molecule has 2 aromatic carbocycles. The summed E-state index contributed by atoms with van der Waals surface area (Å²) in [5, 5.41) is 19.2. The van der Waals surface area contributed by atoms with Gasteiger partial charge in [-0.25, -0.2) is 9.97 Å². The number of rotatable bonds is 9. The van der Waals surface area contributed by atoms with Crippen LogP contribution in [0.25, 0.3) is 0 Å². The van der Waals surface area contributed by atoms with Crippen molar-refractivity contribution in [3.05, 3.63) is 94.1 Å². The van der Waals surface area contributed by atoms with E-state index in [1.807, 2.05) is 32.0 Å². The molecule has 0 aliphatic carbocycles. The fraction of sp³-hybridized carbons (Fsp3) is 0.353. The number of piperazine rings is 1. The van der Waals surface area contributed by atoms with Crippen LogP contribution in [0.3, 0.4) is 0 Å². The number of hydrogen-bond acceptors (Lipinski definition) is 8. The van der Waals surface area contributed by atoms with Gasteiger partial charge in [-0.2, -0.15) is 18.3 Å². The Bertz CT molecular complexity index is 1770. The van der Waals surface area contributed by atoms with Crippen LogP contribution in [0, 0.1) is 25.7 Å². The van der Waals surface area contributed by atoms with Gasteiger partial charge in [-0.15, -0.1) is 0 Å². The van der Waals surface area contributed by atoms with Gasteiger partial charge in [0.15, 0.2) is 0 Å². The minimum atomic E-state index is -4.56. The van der Waals surface area contributed by atoms with E-state index < -0.39 is 17.6 Å². The van der Waals surface area contributed by atoms with E-state index in [0.29, 0.717) is 43.1 Å². The second-order valence-corrected chi connectivity index (χ2v) is 11.6. The van der Waals surface area contributed by atoms with Crippen molar-refractivity contribution in [3.63, 3.8) is 0 Å². The van der Waals surface area contributed by atoms with Crippen molar-refractivity contribution >= 4 is 23.2 Å². The largest absolute Gasteiger partial charge is 0.416 e. The number of carbonyl (C=O) groups excluding carboxylic acids is 1. The number of anilines is 3. The molecule has 0 bridgehead atoms. The second kappa shape index (κ2) is 14.8. The highest BCUT2D eigenvalue weighted by molar-refractivity contribution is 6.04. The Balaban J connectivity index is 1.26. The number of carbonyl (C=O) groups is 1. The molecule has 2 aromatic heterocycles. The van der Waals surface area contributed by atoms with E-state index in [1.54, 1.807) is 35.3 Å². The lowest BCUT2D eigenvalue weighted by Gasteiger charge is -2.33. The van der Waals surface area contributed by atoms with Crippen LogP contribution < -0.4 is 10.6 Å². The van der Waals surface area contributed by atoms with Crippen LogP contribution in [0.1, 0.15) is 50.3 Å². The number of hydrogen-bond donors (Lipinski definition) is 3. The van der Waals surface area contributed by atoms with Crippen LogP contribution in [0.15, 0.2) is 55.0 Å². The van der Waals surface area contributed by atoms with Gasteiger partial charge < -0.3 is 20.6 Å². The highest BCUT2D eigenvalue weighted by atomic mass is 19.4. The molecule has 3 heterocycles. The SMILES string of the molecule is Cc1ccc(C(=O)Nc2ccc(CN3CCN(C)CC3)c(C(F)(F)F)c2)cc1C#Cc1cnc(Nc2cn(CCCO)nc2C)nc1. The molecule has 1 saturated heterocycles. The van der Waals surface area contributed by atoms with Crippen LogP contribution in [0.2, 0.25) is 0 Å². The molecular weight excluding hydrogens is 609 g/mol. The lowest BCUT2D eigenvalue weighted by Crippen LogP contribution is -2.44. The summed E-state index contributed by atoms with van der Waals surface area (Å²) < 4.78 is 43.8. The number of halogens is 3. The first-order valence-electron chi connectivity index (χ1n) is 15.3. The molecule has 0 spiro atoms. The Labute approximate surface area is 271 Å². The summed E-state index contributed by atoms with van der Waals surface area (Å²) in [5.41, 5.74) is 3.25. The maximum absolute atomic E-state index is 14.0. The number of alkyl halides is 3. The molecule has 10 nitrogen and oxygen atoms in total. The molecule has 0 radical (unpaired) electrons. The van der Waals surface area contributed by atoms with Gasteiger partial charge in [0.25, 0.3) is 5.91 Å². The molecule has 1 fully saturated rings. The maximum atomic E-state index is 14.0. The van der Waals surface area contributed by atoms with E-state index in [9.17, 15) is 18.0 Å². The maximum Gasteiger partial charge on any atom is 0.416 e. The third-order valence-electron chi connectivity index (χ3n) is 7.89. The first-order valence-corrected chi connectivity index (χ1v) is 15.3. The molecule has 4 aromatic rings. The second-order valence-electron chi connectivity index (χ2n) is 11.6. The van der Waals surface area contributed by atoms with E-state index >= 15 is 0 Å². The van der Waals surface area contributed by atoms with Gasteiger partial charge in [-0.05, 0) is 62.7 Å². The Morgan fingerprint density at radius 3 is 2.47 bits per heavy atom. The zero-order chi connectivity index (χ0) is 33.6. The molecule has 1 aliphatic heterocycles. The third-order valence-corrected chi connectivity index (χ3v) is 7.89. The van der Waals surface area contributed by atoms with E-state index in [2.05, 4.69) is 42.4 Å². The van der Waals surface area contributed by atoms with E-state index in [1.165, 1.54) is 12.1 Å². The number of amides is 1. The molecular formula is C34H37F3N8O2. The number of likely N-dealkylation sites (N-methyl/N-ethyl adjacent to an activating group) is 1. The van der Waals surface area contributed by atoms with Crippen LogP contribution in [-0.4, -0.2) is 80.4 Å². The smallest absolute Gasteiger partial charge is 0.396 e. The predicted octanol–water partition coefficient (Wildman–Crippen LogP) is 4.83. The summed E-state index contributed by atoms with van der Waals surface area (Å²) in [6, 6.07) is 8.92. The average molecular weight is 647 g/mol. The Morgan fingerprint density at radius 1 is 1.02 bits per heavy atom. The van der Waals surface area contributed by atoms with Gasteiger partial charge in [0.1, 0.15) is 0 Å². The van der Waals surface area contributed by atoms with Gasteiger partial charge in [0.05, 0.1) is 22.5 Å². The minimum absolute atomic E-state index is 0.0659. The van der Waals surface area contributed by atoms with Gasteiger partial charge in [-0.3, -0.25) is 14.4 Å². The first kappa shape index (κ1) is 33.6. The summed E-state index contributed by atoms with van der Waals surface area (Å²) in [6.45, 7) is 7.59. The van der Waals surface area contributed by atoms with Crippen molar-refractivity contribution in [1.82, 2.24) is 29.5 Å². The number of aryl methyl sites for hydroxylation is 3. The number of aliphatic hydroxyl groups is 1. The molecule has 3 N–H and O–H groups in total. The molecule has 0 saturated carbocycles. The molecule has 0 unspecified atom stereocenters. The van der Waals surface area contributed by atoms with E-state index in [0.717, 1.165) is 36.1 Å². The standard InChI is InChI=1S/C34H37F3N8O2/c1-23-5-7-27(32(47)40-29-10-9-28(30(18-29)34(35,36)37)21-44-14-12-43(3)13-15-44)17-26(23)8-6-25-19-38-33(39-20-25)41-31-22-45(11-4-16-46)42-24(31)2/h5,7,9-10,17-20,22,46H,4,11-16,21H2,1-3H3,(H,40,47)(H,38,39,41). The van der Waals surface area contributed by atoms with Crippen LogP contribution in [-0.2, 0) is 19.3 Å². The van der Waals surface area contributed by atoms with Crippen LogP contribution in [0.5, 0.6) is 0 Å². The quantitative estimate of drug-likeness (QED) is 0.222. The molecule has 13 heteroatoms. The highest BCUT2D eigenvalue weighted by Gasteiger charge is 2.34. The summed E-state index contributed by atoms with van der Waals surface area (Å²) in [5.74, 6) is 5.89. The lowest BCUT2D eigenvalue weighted by atomic mass is 10.0. The number of nitrogens with zero attached hydrogens (tertiary/aromatic N) is 6. The van der Waals surface area contributed by atoms with Gasteiger partial charge in [0.2, 0.25) is 5.95 Å². The van der Waals surface area contributed by atoms with Crippen molar-refractivity contribution in [3.8, 4) is 11.8 Å². The Hall–Kier alpha value is -4.77. The molecule has 1 amide bonds. The molecule has 0 atom stereocenters. The summed E-state index contributed by atoms with van der Waals surface area (Å²) in [4.78, 5) is 25.9. The third kappa shape index (κ3) is 8.94. The monoisotopic (exact) mass is 646 g/mol. The minimum Gasteiger partial charge on any atom is -0.396 e. The van der Waals surface area contributed by atoms with Gasteiger partial charge in [0, 0.05) is 81.3 Å². The Kier molecular flexibility index (Phi) is 10.6. The van der Waals surface area contributed by atoms with Gasteiger partial charge >= 0.3 is 6.18 Å². The van der Waals surface area contributed by atoms with Crippen LogP contribution in [0.4, 0.5) is 30.5 Å². The zero-order valence-electron chi connectivity index (χ0n) is 26.5. The molecule has 5 rings (SSSR count). The molecule has 1 aliphatic rings. The van der Waals surface area contributed by atoms with Crippen molar-refractivity contribution in [2.45, 2.75) is 39.5 Å². The zero-order valence-corrected chi connectivity index (χ0v) is 26.5. The van der Waals surface area contributed by atoms with Crippen molar-refractivity contribution < 1.29 is 23.1 Å². The fourth-order valence-electron chi connectivity index (χ4n) is 5.11. The highest BCUT2D eigenvalue weighted by Crippen LogP contribution is 2.35. The predicted molar refractivity (Wildman–Crippen MR) is 173 cm³/mol. The van der Waals surface area contributed by atoms with E-state index in [-0.39, 0.29) is 30.0 Å². The van der Waals surface area contributed by atoms with Crippen molar-refractivity contribution in [2.75, 3.05) is 50.5 Å². The van der Waals surface area contributed by atoms with Crippen LogP contribution >= 0.6 is 0 Å². The van der Waals surface area contributed by atoms with E-state index in [4.69, 9.17) is 5.11 Å². The number of aliphatic hydroxyl groups excluding tert-OH is 1. The van der Waals surface area contributed by atoms with Crippen molar-refractivity contribution in [1.29, 1.82) is 0 Å². The Morgan fingerprint density at radius 2 is 1.77 bits per heavy atom. The number of aromatic nitrogens is 4.